The van der Waals surface area contributed by atoms with Gasteiger partial charge in [-0.15, -0.1) is 0 Å². The Morgan fingerprint density at radius 2 is 1.88 bits per heavy atom. The van der Waals surface area contributed by atoms with Gasteiger partial charge in [-0.05, 0) is 60.4 Å². The second-order valence-corrected chi connectivity index (χ2v) is 5.61. The highest BCUT2D eigenvalue weighted by Crippen LogP contribution is 2.27. The molecule has 0 bridgehead atoms. The largest absolute Gasteiger partial charge is 0.508 e. The summed E-state index contributed by atoms with van der Waals surface area (Å²) in [7, 11) is 3.19. The Morgan fingerprint density at radius 1 is 1.12 bits per heavy atom. The quantitative estimate of drug-likeness (QED) is 0.760. The first-order chi connectivity index (χ1) is 12.0. The topological polar surface area (TPSA) is 67.8 Å². The fourth-order valence-corrected chi connectivity index (χ4v) is 2.38. The van der Waals surface area contributed by atoms with Crippen molar-refractivity contribution in [2.24, 2.45) is 0 Å². The lowest BCUT2D eigenvalue weighted by Crippen LogP contribution is -2.23. The molecule has 2 aromatic carbocycles. The molecule has 0 aliphatic rings. The van der Waals surface area contributed by atoms with Gasteiger partial charge in [0.2, 0.25) is 5.91 Å². The lowest BCUT2D eigenvalue weighted by Gasteiger charge is -2.09. The fraction of sp³-hybridized carbons (Fsp3) is 0.250. The molecule has 0 aliphatic heterocycles. The molecular weight excluding hydrogens is 318 g/mol. The van der Waals surface area contributed by atoms with Gasteiger partial charge >= 0.3 is 0 Å². The molecule has 0 atom stereocenters. The molecule has 2 aromatic rings. The lowest BCUT2D eigenvalue weighted by molar-refractivity contribution is -0.116. The number of aryl methyl sites for hydroxylation is 1. The van der Waals surface area contributed by atoms with Crippen molar-refractivity contribution in [3.8, 4) is 17.2 Å². The summed E-state index contributed by atoms with van der Waals surface area (Å²) in [6.45, 7) is 2.34. The van der Waals surface area contributed by atoms with Crippen molar-refractivity contribution in [1.29, 1.82) is 0 Å². The van der Waals surface area contributed by atoms with E-state index in [1.807, 2.05) is 31.2 Å². The third kappa shape index (κ3) is 5.28. The van der Waals surface area contributed by atoms with Crippen LogP contribution in [0.25, 0.3) is 6.08 Å². The summed E-state index contributed by atoms with van der Waals surface area (Å²) in [5, 5.41) is 12.3. The van der Waals surface area contributed by atoms with Crippen molar-refractivity contribution in [1.82, 2.24) is 5.32 Å². The van der Waals surface area contributed by atoms with Crippen LogP contribution < -0.4 is 14.8 Å². The summed E-state index contributed by atoms with van der Waals surface area (Å²) in [4.78, 5) is 11.9. The zero-order chi connectivity index (χ0) is 18.2. The van der Waals surface area contributed by atoms with Gasteiger partial charge in [0.15, 0.2) is 11.5 Å². The number of phenolic OH excluding ortho intramolecular Hbond substituents is 1. The van der Waals surface area contributed by atoms with Crippen molar-refractivity contribution in [2.45, 2.75) is 13.3 Å². The predicted octanol–water partition coefficient (Wildman–Crippen LogP) is 3.09. The van der Waals surface area contributed by atoms with E-state index in [0.29, 0.717) is 24.5 Å². The number of hydrogen-bond donors (Lipinski definition) is 2. The first kappa shape index (κ1) is 18.4. The van der Waals surface area contributed by atoms with Crippen LogP contribution in [0.4, 0.5) is 0 Å². The summed E-state index contributed by atoms with van der Waals surface area (Å²) in [6.07, 6.45) is 3.90. The number of hydrogen-bond acceptors (Lipinski definition) is 4. The summed E-state index contributed by atoms with van der Waals surface area (Å²) in [5.74, 6) is 1.44. The second kappa shape index (κ2) is 8.78. The standard InChI is InChI=1S/C20H23NO4/c1-14-12-15(4-7-17(14)22)6-9-20(23)21-11-10-16-5-8-18(24-2)19(13-16)25-3/h4-9,12-13,22H,10-11H2,1-3H3,(H,21,23)/b9-6+. The Balaban J connectivity index is 1.86. The van der Waals surface area contributed by atoms with Gasteiger partial charge in [0.25, 0.3) is 0 Å². The van der Waals surface area contributed by atoms with Gasteiger partial charge in [-0.25, -0.2) is 0 Å². The zero-order valence-electron chi connectivity index (χ0n) is 14.7. The van der Waals surface area contributed by atoms with Gasteiger partial charge in [-0.2, -0.15) is 0 Å². The SMILES string of the molecule is COc1ccc(CCNC(=O)/C=C/c2ccc(O)c(C)c2)cc1OC. The molecular formula is C20H23NO4. The van der Waals surface area contributed by atoms with Crippen LogP contribution in [0.3, 0.4) is 0 Å². The van der Waals surface area contributed by atoms with Crippen LogP contribution in [0.2, 0.25) is 0 Å². The molecule has 0 radical (unpaired) electrons. The minimum Gasteiger partial charge on any atom is -0.508 e. The first-order valence-corrected chi connectivity index (χ1v) is 8.00. The van der Waals surface area contributed by atoms with Crippen molar-refractivity contribution >= 4 is 12.0 Å². The molecule has 0 aliphatic carbocycles. The van der Waals surface area contributed by atoms with Crippen molar-refractivity contribution < 1.29 is 19.4 Å². The van der Waals surface area contributed by atoms with Gasteiger partial charge in [-0.3, -0.25) is 4.79 Å². The molecule has 0 heterocycles. The minimum absolute atomic E-state index is 0.161. The Labute approximate surface area is 147 Å². The predicted molar refractivity (Wildman–Crippen MR) is 98.1 cm³/mol. The van der Waals surface area contributed by atoms with Gasteiger partial charge in [-0.1, -0.05) is 12.1 Å². The maximum atomic E-state index is 11.9. The van der Waals surface area contributed by atoms with Crippen LogP contribution in [0, 0.1) is 6.92 Å². The average Bonchev–Trinajstić information content (AvgIpc) is 2.62. The van der Waals surface area contributed by atoms with E-state index in [1.165, 1.54) is 6.08 Å². The minimum atomic E-state index is -0.161. The number of phenols is 1. The lowest BCUT2D eigenvalue weighted by atomic mass is 10.1. The molecule has 0 unspecified atom stereocenters. The van der Waals surface area contributed by atoms with E-state index in [-0.39, 0.29) is 11.7 Å². The van der Waals surface area contributed by atoms with Crippen LogP contribution in [0.15, 0.2) is 42.5 Å². The number of aromatic hydroxyl groups is 1. The number of nitrogens with one attached hydrogen (secondary N) is 1. The van der Waals surface area contributed by atoms with Gasteiger partial charge in [0.05, 0.1) is 14.2 Å². The van der Waals surface area contributed by atoms with E-state index < -0.39 is 0 Å². The molecule has 0 saturated heterocycles. The molecule has 2 rings (SSSR count). The molecule has 25 heavy (non-hydrogen) atoms. The summed E-state index contributed by atoms with van der Waals surface area (Å²) in [6, 6.07) is 10.9. The smallest absolute Gasteiger partial charge is 0.244 e. The van der Waals surface area contributed by atoms with Crippen molar-refractivity contribution in [3.05, 3.63) is 59.2 Å². The van der Waals surface area contributed by atoms with Crippen LogP contribution in [-0.2, 0) is 11.2 Å². The Morgan fingerprint density at radius 3 is 2.56 bits per heavy atom. The van der Waals surface area contributed by atoms with E-state index in [9.17, 15) is 9.90 Å². The number of rotatable bonds is 7. The molecule has 132 valence electrons. The van der Waals surface area contributed by atoms with Crippen molar-refractivity contribution in [2.75, 3.05) is 20.8 Å². The number of carbonyl (C=O) groups excluding carboxylic acids is 1. The average molecular weight is 341 g/mol. The Kier molecular flexibility index (Phi) is 6.46. The van der Waals surface area contributed by atoms with Gasteiger partial charge in [0.1, 0.15) is 5.75 Å². The number of ether oxygens (including phenoxy) is 2. The number of benzene rings is 2. The summed E-state index contributed by atoms with van der Waals surface area (Å²) in [5.41, 5.74) is 2.69. The Bertz CT molecular complexity index is 768. The van der Waals surface area contributed by atoms with Crippen LogP contribution in [-0.4, -0.2) is 31.8 Å². The molecule has 0 spiro atoms. The number of carbonyl (C=O) groups is 1. The molecule has 2 N–H and O–H groups in total. The number of methoxy groups -OCH3 is 2. The van der Waals surface area contributed by atoms with E-state index in [1.54, 1.807) is 32.4 Å². The molecule has 1 amide bonds. The van der Waals surface area contributed by atoms with Gasteiger partial charge < -0.3 is 19.9 Å². The third-order valence-corrected chi connectivity index (χ3v) is 3.81. The van der Waals surface area contributed by atoms with E-state index in [4.69, 9.17) is 9.47 Å². The third-order valence-electron chi connectivity index (χ3n) is 3.81. The molecule has 0 fully saturated rings. The maximum absolute atomic E-state index is 11.9. The molecule has 5 nitrogen and oxygen atoms in total. The second-order valence-electron chi connectivity index (χ2n) is 5.61. The highest BCUT2D eigenvalue weighted by Gasteiger charge is 2.05. The highest BCUT2D eigenvalue weighted by molar-refractivity contribution is 5.91. The Hall–Kier alpha value is -2.95. The summed E-state index contributed by atoms with van der Waals surface area (Å²) >= 11 is 0. The molecule has 0 saturated carbocycles. The molecule has 0 aromatic heterocycles. The van der Waals surface area contributed by atoms with Crippen LogP contribution >= 0.6 is 0 Å². The number of amides is 1. The van der Waals surface area contributed by atoms with Crippen LogP contribution in [0.5, 0.6) is 17.2 Å². The zero-order valence-corrected chi connectivity index (χ0v) is 14.7. The van der Waals surface area contributed by atoms with Gasteiger partial charge in [0, 0.05) is 12.6 Å². The maximum Gasteiger partial charge on any atom is 0.244 e. The van der Waals surface area contributed by atoms with E-state index in [2.05, 4.69) is 5.32 Å². The fourth-order valence-electron chi connectivity index (χ4n) is 2.38. The van der Waals surface area contributed by atoms with E-state index >= 15 is 0 Å². The summed E-state index contributed by atoms with van der Waals surface area (Å²) < 4.78 is 10.5. The first-order valence-electron chi connectivity index (χ1n) is 8.00. The normalized spacial score (nSPS) is 10.7. The highest BCUT2D eigenvalue weighted by atomic mass is 16.5. The monoisotopic (exact) mass is 341 g/mol. The van der Waals surface area contributed by atoms with Crippen LogP contribution in [0.1, 0.15) is 16.7 Å². The van der Waals surface area contributed by atoms with E-state index in [0.717, 1.165) is 16.7 Å². The molecule has 5 heteroatoms. The van der Waals surface area contributed by atoms with Crippen molar-refractivity contribution in [3.63, 3.8) is 0 Å².